The number of nitrogens with two attached hydrogens (primary N) is 1. The van der Waals surface area contributed by atoms with Gasteiger partial charge in [-0.25, -0.2) is 0 Å². The summed E-state index contributed by atoms with van der Waals surface area (Å²) in [5.74, 6) is 3.01. The summed E-state index contributed by atoms with van der Waals surface area (Å²) in [6.07, 6.45) is 1.59. The molecule has 2 aliphatic rings. The molecule has 2 heterocycles. The number of ether oxygens (including phenoxy) is 4. The van der Waals surface area contributed by atoms with Gasteiger partial charge >= 0.3 is 0 Å². The van der Waals surface area contributed by atoms with Crippen molar-refractivity contribution in [3.05, 3.63) is 53.7 Å². The number of rotatable bonds is 2. The predicted octanol–water partition coefficient (Wildman–Crippen LogP) is 2.58. The van der Waals surface area contributed by atoms with E-state index >= 15 is 0 Å². The third kappa shape index (κ3) is 2.54. The lowest BCUT2D eigenvalue weighted by atomic mass is 9.98. The van der Waals surface area contributed by atoms with Gasteiger partial charge in [-0.2, -0.15) is 0 Å². The molecule has 0 spiro atoms. The van der Waals surface area contributed by atoms with E-state index in [1.807, 2.05) is 36.4 Å². The van der Waals surface area contributed by atoms with Crippen LogP contribution in [0, 0.1) is 0 Å². The lowest BCUT2D eigenvalue weighted by Gasteiger charge is -2.21. The topological polar surface area (TPSA) is 62.9 Å². The van der Waals surface area contributed by atoms with Gasteiger partial charge in [-0.05, 0) is 35.4 Å². The van der Waals surface area contributed by atoms with Crippen LogP contribution in [0.4, 0.5) is 0 Å². The van der Waals surface area contributed by atoms with Gasteiger partial charge in [-0.1, -0.05) is 12.1 Å². The molecule has 0 saturated heterocycles. The molecule has 0 fully saturated rings. The highest BCUT2D eigenvalue weighted by Gasteiger charge is 2.17. The highest BCUT2D eigenvalue weighted by molar-refractivity contribution is 5.81. The van der Waals surface area contributed by atoms with Crippen molar-refractivity contribution in [1.82, 2.24) is 0 Å². The summed E-state index contributed by atoms with van der Waals surface area (Å²) >= 11 is 0. The van der Waals surface area contributed by atoms with Gasteiger partial charge in [-0.3, -0.25) is 0 Å². The minimum absolute atomic E-state index is 0.558. The Morgan fingerprint density at radius 1 is 0.696 bits per heavy atom. The Morgan fingerprint density at radius 3 is 1.57 bits per heavy atom. The van der Waals surface area contributed by atoms with Crippen molar-refractivity contribution in [2.24, 2.45) is 5.73 Å². The third-order valence-electron chi connectivity index (χ3n) is 3.87. The molecule has 5 heteroatoms. The van der Waals surface area contributed by atoms with Crippen LogP contribution in [0.25, 0.3) is 5.57 Å². The van der Waals surface area contributed by atoms with Gasteiger partial charge in [0, 0.05) is 11.8 Å². The van der Waals surface area contributed by atoms with Crippen molar-refractivity contribution in [3.8, 4) is 23.0 Å². The summed E-state index contributed by atoms with van der Waals surface area (Å²) in [5.41, 5.74) is 8.72. The van der Waals surface area contributed by atoms with Crippen LogP contribution in [0.5, 0.6) is 23.0 Å². The first kappa shape index (κ1) is 13.8. The van der Waals surface area contributed by atoms with E-state index in [0.717, 1.165) is 39.7 Å². The summed E-state index contributed by atoms with van der Waals surface area (Å²) < 4.78 is 22.4. The van der Waals surface area contributed by atoms with E-state index < -0.39 is 0 Å². The van der Waals surface area contributed by atoms with Crippen molar-refractivity contribution >= 4 is 5.57 Å². The normalized spacial score (nSPS) is 15.0. The SMILES string of the molecule is NC=C(c1ccc2c(c1)OCCO2)c1ccc2c(c1)OCCO2. The average Bonchev–Trinajstić information content (AvgIpc) is 2.62. The van der Waals surface area contributed by atoms with Crippen molar-refractivity contribution in [2.75, 3.05) is 26.4 Å². The maximum Gasteiger partial charge on any atom is 0.161 e. The highest BCUT2D eigenvalue weighted by Crippen LogP contribution is 2.37. The van der Waals surface area contributed by atoms with Gasteiger partial charge in [0.25, 0.3) is 0 Å². The molecule has 5 nitrogen and oxygen atoms in total. The van der Waals surface area contributed by atoms with Gasteiger partial charge in [0.15, 0.2) is 23.0 Å². The molecule has 0 aliphatic carbocycles. The molecule has 2 aromatic carbocycles. The van der Waals surface area contributed by atoms with Gasteiger partial charge < -0.3 is 24.7 Å². The van der Waals surface area contributed by atoms with E-state index in [0.29, 0.717) is 26.4 Å². The average molecular weight is 311 g/mol. The van der Waals surface area contributed by atoms with Crippen molar-refractivity contribution in [2.45, 2.75) is 0 Å². The Kier molecular flexibility index (Phi) is 3.46. The summed E-state index contributed by atoms with van der Waals surface area (Å²) in [7, 11) is 0. The third-order valence-corrected chi connectivity index (χ3v) is 3.87. The predicted molar refractivity (Wildman–Crippen MR) is 86.1 cm³/mol. The molecule has 118 valence electrons. The highest BCUT2D eigenvalue weighted by atomic mass is 16.6. The van der Waals surface area contributed by atoms with Crippen molar-refractivity contribution in [3.63, 3.8) is 0 Å². The first-order valence-electron chi connectivity index (χ1n) is 7.57. The maximum atomic E-state index is 5.88. The lowest BCUT2D eigenvalue weighted by Crippen LogP contribution is -2.15. The molecule has 2 aromatic rings. The molecule has 0 saturated carbocycles. The van der Waals surface area contributed by atoms with Gasteiger partial charge in [0.05, 0.1) is 0 Å². The molecule has 0 bridgehead atoms. The number of hydrogen-bond acceptors (Lipinski definition) is 5. The molecular weight excluding hydrogens is 294 g/mol. The quantitative estimate of drug-likeness (QED) is 0.923. The zero-order chi connectivity index (χ0) is 15.6. The molecular formula is C18H17NO4. The molecule has 23 heavy (non-hydrogen) atoms. The molecule has 2 N–H and O–H groups in total. The fourth-order valence-corrected chi connectivity index (χ4v) is 2.78. The van der Waals surface area contributed by atoms with Crippen LogP contribution >= 0.6 is 0 Å². The second-order valence-corrected chi connectivity index (χ2v) is 5.30. The van der Waals surface area contributed by atoms with E-state index in [-0.39, 0.29) is 0 Å². The lowest BCUT2D eigenvalue weighted by molar-refractivity contribution is 0.171. The van der Waals surface area contributed by atoms with Crippen LogP contribution in [0.2, 0.25) is 0 Å². The summed E-state index contributed by atoms with van der Waals surface area (Å²) in [5, 5.41) is 0. The second-order valence-electron chi connectivity index (χ2n) is 5.30. The summed E-state index contributed by atoms with van der Waals surface area (Å²) in [6.45, 7) is 2.27. The minimum atomic E-state index is 0.558. The summed E-state index contributed by atoms with van der Waals surface area (Å²) in [6, 6.07) is 11.7. The maximum absolute atomic E-state index is 5.88. The summed E-state index contributed by atoms with van der Waals surface area (Å²) in [4.78, 5) is 0. The molecule has 0 amide bonds. The first-order chi connectivity index (χ1) is 11.3. The smallest absolute Gasteiger partial charge is 0.161 e. The van der Waals surface area contributed by atoms with Crippen LogP contribution in [-0.4, -0.2) is 26.4 Å². The van der Waals surface area contributed by atoms with Crippen LogP contribution in [0.1, 0.15) is 11.1 Å². The zero-order valence-corrected chi connectivity index (χ0v) is 12.6. The van der Waals surface area contributed by atoms with Gasteiger partial charge in [-0.15, -0.1) is 0 Å². The molecule has 4 rings (SSSR count). The van der Waals surface area contributed by atoms with Crippen molar-refractivity contribution < 1.29 is 18.9 Å². The monoisotopic (exact) mass is 311 g/mol. The number of benzene rings is 2. The minimum Gasteiger partial charge on any atom is -0.486 e. The van der Waals surface area contributed by atoms with Crippen LogP contribution < -0.4 is 24.7 Å². The van der Waals surface area contributed by atoms with Crippen LogP contribution in [0.15, 0.2) is 42.6 Å². The van der Waals surface area contributed by atoms with E-state index in [1.165, 1.54) is 0 Å². The fourth-order valence-electron chi connectivity index (χ4n) is 2.78. The fraction of sp³-hybridized carbons (Fsp3) is 0.222. The molecule has 0 aromatic heterocycles. The second kappa shape index (κ2) is 5.76. The van der Waals surface area contributed by atoms with E-state index in [2.05, 4.69) is 0 Å². The molecule has 2 aliphatic heterocycles. The van der Waals surface area contributed by atoms with Crippen LogP contribution in [0.3, 0.4) is 0 Å². The largest absolute Gasteiger partial charge is 0.486 e. The molecule has 0 atom stereocenters. The zero-order valence-electron chi connectivity index (χ0n) is 12.6. The van der Waals surface area contributed by atoms with Crippen molar-refractivity contribution in [1.29, 1.82) is 0 Å². The molecule has 0 unspecified atom stereocenters. The first-order valence-corrected chi connectivity index (χ1v) is 7.57. The number of fused-ring (bicyclic) bond motifs is 2. The Bertz CT molecular complexity index is 708. The Balaban J connectivity index is 1.71. The van der Waals surface area contributed by atoms with E-state index in [9.17, 15) is 0 Å². The number of hydrogen-bond donors (Lipinski definition) is 1. The van der Waals surface area contributed by atoms with E-state index in [1.54, 1.807) is 6.20 Å². The Labute approximate surface area is 134 Å². The molecule has 0 radical (unpaired) electrons. The van der Waals surface area contributed by atoms with Gasteiger partial charge in [0.1, 0.15) is 26.4 Å². The Hall–Kier alpha value is -2.82. The van der Waals surface area contributed by atoms with Crippen LogP contribution in [-0.2, 0) is 0 Å². The Morgan fingerprint density at radius 2 is 1.13 bits per heavy atom. The van der Waals surface area contributed by atoms with E-state index in [4.69, 9.17) is 24.7 Å². The standard InChI is InChI=1S/C18H17NO4/c19-11-14(12-1-3-15-17(9-12)22-7-5-20-15)13-2-4-16-18(10-13)23-8-6-21-16/h1-4,9-11H,5-8,19H2. The van der Waals surface area contributed by atoms with Gasteiger partial charge in [0.2, 0.25) is 0 Å².